The molecule has 15 heavy (non-hydrogen) atoms. The van der Waals surface area contributed by atoms with Crippen molar-refractivity contribution in [3.05, 3.63) is 35.6 Å². The van der Waals surface area contributed by atoms with Crippen molar-refractivity contribution in [1.29, 1.82) is 0 Å². The summed E-state index contributed by atoms with van der Waals surface area (Å²) in [5, 5.41) is 2.85. The van der Waals surface area contributed by atoms with Gasteiger partial charge in [-0.3, -0.25) is 4.79 Å². The number of amides is 1. The molecular formula is C12H14FNO. The quantitative estimate of drug-likeness (QED) is 0.808. The van der Waals surface area contributed by atoms with Gasteiger partial charge in [0.25, 0.3) is 0 Å². The van der Waals surface area contributed by atoms with Crippen molar-refractivity contribution in [3.8, 4) is 0 Å². The van der Waals surface area contributed by atoms with Crippen LogP contribution in [0.5, 0.6) is 0 Å². The van der Waals surface area contributed by atoms with E-state index in [4.69, 9.17) is 0 Å². The number of hydrogen-bond donors (Lipinski definition) is 1. The van der Waals surface area contributed by atoms with Crippen molar-refractivity contribution in [2.24, 2.45) is 11.8 Å². The third kappa shape index (κ3) is 2.55. The van der Waals surface area contributed by atoms with Gasteiger partial charge in [-0.2, -0.15) is 0 Å². The molecule has 0 bridgehead atoms. The molecule has 3 heteroatoms. The maximum Gasteiger partial charge on any atom is 0.223 e. The molecule has 0 heterocycles. The van der Waals surface area contributed by atoms with Crippen LogP contribution in [-0.2, 0) is 11.3 Å². The molecule has 1 N–H and O–H groups in total. The van der Waals surface area contributed by atoms with Crippen LogP contribution in [0.25, 0.3) is 0 Å². The monoisotopic (exact) mass is 207 g/mol. The molecule has 0 aliphatic heterocycles. The Morgan fingerprint density at radius 3 is 2.60 bits per heavy atom. The minimum absolute atomic E-state index is 0.117. The van der Waals surface area contributed by atoms with Gasteiger partial charge in [0.05, 0.1) is 0 Å². The summed E-state index contributed by atoms with van der Waals surface area (Å²) in [6, 6.07) is 6.18. The molecule has 0 aromatic heterocycles. The molecule has 1 amide bonds. The molecule has 2 atom stereocenters. The smallest absolute Gasteiger partial charge is 0.223 e. The molecule has 1 aromatic carbocycles. The Morgan fingerprint density at radius 2 is 2.07 bits per heavy atom. The first-order valence-electron chi connectivity index (χ1n) is 5.19. The molecule has 1 saturated carbocycles. The predicted octanol–water partition coefficient (Wildman–Crippen LogP) is 2.10. The summed E-state index contributed by atoms with van der Waals surface area (Å²) >= 11 is 0. The van der Waals surface area contributed by atoms with Gasteiger partial charge in [-0.05, 0) is 30.0 Å². The van der Waals surface area contributed by atoms with Crippen LogP contribution in [-0.4, -0.2) is 5.91 Å². The molecule has 1 aromatic rings. The van der Waals surface area contributed by atoms with Crippen molar-refractivity contribution in [1.82, 2.24) is 5.32 Å². The van der Waals surface area contributed by atoms with Crippen LogP contribution >= 0.6 is 0 Å². The Hall–Kier alpha value is -1.38. The predicted molar refractivity (Wildman–Crippen MR) is 55.5 cm³/mol. The first-order chi connectivity index (χ1) is 7.16. The second-order valence-corrected chi connectivity index (χ2v) is 4.16. The maximum atomic E-state index is 12.6. The van der Waals surface area contributed by atoms with E-state index in [1.54, 1.807) is 12.1 Å². The van der Waals surface area contributed by atoms with Gasteiger partial charge in [0, 0.05) is 12.5 Å². The van der Waals surface area contributed by atoms with E-state index in [1.807, 2.05) is 0 Å². The molecule has 0 saturated heterocycles. The van der Waals surface area contributed by atoms with E-state index in [0.717, 1.165) is 12.0 Å². The Labute approximate surface area is 88.5 Å². The average molecular weight is 207 g/mol. The minimum atomic E-state index is -0.249. The second-order valence-electron chi connectivity index (χ2n) is 4.16. The molecule has 80 valence electrons. The zero-order valence-corrected chi connectivity index (χ0v) is 8.66. The number of nitrogens with one attached hydrogen (secondary N) is 1. The molecule has 0 spiro atoms. The topological polar surface area (TPSA) is 29.1 Å². The normalized spacial score (nSPS) is 23.6. The van der Waals surface area contributed by atoms with Crippen molar-refractivity contribution in [2.75, 3.05) is 0 Å². The van der Waals surface area contributed by atoms with Crippen LogP contribution in [0.4, 0.5) is 4.39 Å². The van der Waals surface area contributed by atoms with Gasteiger partial charge in [0.1, 0.15) is 5.82 Å². The SMILES string of the molecule is CC1CC1C(=O)NCc1ccc(F)cc1. The fraction of sp³-hybridized carbons (Fsp3) is 0.417. The summed E-state index contributed by atoms with van der Waals surface area (Å²) in [6.45, 7) is 2.56. The summed E-state index contributed by atoms with van der Waals surface area (Å²) in [5.41, 5.74) is 0.929. The van der Waals surface area contributed by atoms with Crippen molar-refractivity contribution in [2.45, 2.75) is 19.9 Å². The molecule has 0 radical (unpaired) electrons. The van der Waals surface area contributed by atoms with Crippen molar-refractivity contribution < 1.29 is 9.18 Å². The van der Waals surface area contributed by atoms with Crippen LogP contribution in [0, 0.1) is 17.7 Å². The summed E-state index contributed by atoms with van der Waals surface area (Å²) in [7, 11) is 0. The zero-order valence-electron chi connectivity index (χ0n) is 8.66. The van der Waals surface area contributed by atoms with E-state index in [2.05, 4.69) is 12.2 Å². The first kappa shape index (κ1) is 10.1. The number of hydrogen-bond acceptors (Lipinski definition) is 1. The Kier molecular flexibility index (Phi) is 2.71. The Bertz CT molecular complexity index is 360. The highest BCUT2D eigenvalue weighted by Gasteiger charge is 2.38. The molecule has 2 unspecified atom stereocenters. The van der Waals surface area contributed by atoms with Crippen molar-refractivity contribution >= 4 is 5.91 Å². The van der Waals surface area contributed by atoms with Crippen LogP contribution in [0.15, 0.2) is 24.3 Å². The lowest BCUT2D eigenvalue weighted by atomic mass is 10.2. The van der Waals surface area contributed by atoms with Gasteiger partial charge in [-0.25, -0.2) is 4.39 Å². The highest BCUT2D eigenvalue weighted by molar-refractivity contribution is 5.81. The van der Waals surface area contributed by atoms with E-state index in [-0.39, 0.29) is 17.6 Å². The third-order valence-corrected chi connectivity index (χ3v) is 2.83. The largest absolute Gasteiger partial charge is 0.352 e. The van der Waals surface area contributed by atoms with Gasteiger partial charge in [-0.15, -0.1) is 0 Å². The van der Waals surface area contributed by atoms with Crippen molar-refractivity contribution in [3.63, 3.8) is 0 Å². The fourth-order valence-electron chi connectivity index (χ4n) is 1.61. The van der Waals surface area contributed by atoms with Gasteiger partial charge < -0.3 is 5.32 Å². The second kappa shape index (κ2) is 4.01. The first-order valence-corrected chi connectivity index (χ1v) is 5.19. The summed E-state index contributed by atoms with van der Waals surface area (Å²) in [4.78, 5) is 11.5. The summed E-state index contributed by atoms with van der Waals surface area (Å²) < 4.78 is 12.6. The van der Waals surface area contributed by atoms with E-state index < -0.39 is 0 Å². The highest BCUT2D eigenvalue weighted by Crippen LogP contribution is 2.37. The Morgan fingerprint density at radius 1 is 1.47 bits per heavy atom. The van der Waals surface area contributed by atoms with Crippen LogP contribution in [0.3, 0.4) is 0 Å². The van der Waals surface area contributed by atoms with E-state index in [0.29, 0.717) is 12.5 Å². The van der Waals surface area contributed by atoms with E-state index >= 15 is 0 Å². The standard InChI is InChI=1S/C12H14FNO/c1-8-6-11(8)12(15)14-7-9-2-4-10(13)5-3-9/h2-5,8,11H,6-7H2,1H3,(H,14,15). The average Bonchev–Trinajstić information content (AvgIpc) is 2.94. The van der Waals surface area contributed by atoms with Crippen LogP contribution in [0.1, 0.15) is 18.9 Å². The van der Waals surface area contributed by atoms with Gasteiger partial charge >= 0.3 is 0 Å². The summed E-state index contributed by atoms with van der Waals surface area (Å²) in [6.07, 6.45) is 0.995. The van der Waals surface area contributed by atoms with Crippen LogP contribution < -0.4 is 5.32 Å². The lowest BCUT2D eigenvalue weighted by Gasteiger charge is -2.04. The van der Waals surface area contributed by atoms with Crippen LogP contribution in [0.2, 0.25) is 0 Å². The zero-order chi connectivity index (χ0) is 10.8. The van der Waals surface area contributed by atoms with E-state index in [9.17, 15) is 9.18 Å². The molecule has 1 aliphatic carbocycles. The molecule has 1 fully saturated rings. The highest BCUT2D eigenvalue weighted by atomic mass is 19.1. The van der Waals surface area contributed by atoms with Gasteiger partial charge in [0.15, 0.2) is 0 Å². The number of benzene rings is 1. The Balaban J connectivity index is 1.82. The molecular weight excluding hydrogens is 193 g/mol. The van der Waals surface area contributed by atoms with Gasteiger partial charge in [-0.1, -0.05) is 19.1 Å². The third-order valence-electron chi connectivity index (χ3n) is 2.83. The van der Waals surface area contributed by atoms with Gasteiger partial charge in [0.2, 0.25) is 5.91 Å². The lowest BCUT2D eigenvalue weighted by Crippen LogP contribution is -2.24. The molecule has 2 rings (SSSR count). The fourth-order valence-corrected chi connectivity index (χ4v) is 1.61. The summed E-state index contributed by atoms with van der Waals surface area (Å²) in [5.74, 6) is 0.594. The molecule has 2 nitrogen and oxygen atoms in total. The molecule has 1 aliphatic rings. The lowest BCUT2D eigenvalue weighted by molar-refractivity contribution is -0.122. The van der Waals surface area contributed by atoms with E-state index in [1.165, 1.54) is 12.1 Å². The maximum absolute atomic E-state index is 12.6. The minimum Gasteiger partial charge on any atom is -0.352 e. The number of carbonyl (C=O) groups excluding carboxylic acids is 1. The number of halogens is 1. The number of rotatable bonds is 3. The number of carbonyl (C=O) groups is 1.